The molecule has 0 saturated heterocycles. The third-order valence-corrected chi connectivity index (χ3v) is 6.07. The van der Waals surface area contributed by atoms with Crippen LogP contribution >= 0.6 is 0 Å². The van der Waals surface area contributed by atoms with E-state index in [0.717, 1.165) is 16.8 Å². The van der Waals surface area contributed by atoms with Crippen LogP contribution in [0.1, 0.15) is 11.3 Å². The van der Waals surface area contributed by atoms with Gasteiger partial charge in [-0.1, -0.05) is 36.9 Å². The van der Waals surface area contributed by atoms with Crippen LogP contribution in [0.2, 0.25) is 0 Å². The van der Waals surface area contributed by atoms with Crippen molar-refractivity contribution in [1.29, 1.82) is 0 Å². The Labute approximate surface area is 217 Å². The fraction of sp³-hybridized carbons (Fsp3) is 0.107. The van der Waals surface area contributed by atoms with E-state index < -0.39 is 5.82 Å². The summed E-state index contributed by atoms with van der Waals surface area (Å²) in [5.74, 6) is -0.553. The molecule has 5 aromatic rings. The Balaban J connectivity index is 1.59. The molecule has 10 heteroatoms. The van der Waals surface area contributed by atoms with Crippen LogP contribution in [0.15, 0.2) is 73.7 Å². The number of fused-ring (bicyclic) bond motifs is 1. The molecule has 190 valence electrons. The number of amides is 1. The van der Waals surface area contributed by atoms with Crippen molar-refractivity contribution < 1.29 is 13.9 Å². The quantitative estimate of drug-likeness (QED) is 0.305. The predicted octanol–water partition coefficient (Wildman–Crippen LogP) is 4.72. The van der Waals surface area contributed by atoms with Gasteiger partial charge < -0.3 is 20.4 Å². The highest BCUT2D eigenvalue weighted by atomic mass is 19.1. The molecule has 3 aromatic heterocycles. The van der Waals surface area contributed by atoms with Gasteiger partial charge in [0.05, 0.1) is 11.1 Å². The normalized spacial score (nSPS) is 10.9. The molecule has 1 amide bonds. The lowest BCUT2D eigenvalue weighted by atomic mass is 9.98. The molecule has 38 heavy (non-hydrogen) atoms. The number of aryl methyl sites for hydroxylation is 2. The molecule has 0 aliphatic rings. The molecule has 5 rings (SSSR count). The number of hydrogen-bond acceptors (Lipinski definition) is 7. The van der Waals surface area contributed by atoms with E-state index in [4.69, 9.17) is 10.5 Å². The number of nitrogens with one attached hydrogen (secondary N) is 1. The zero-order valence-corrected chi connectivity index (χ0v) is 20.8. The number of ether oxygens (including phenoxy) is 1. The Morgan fingerprint density at radius 1 is 1.13 bits per heavy atom. The van der Waals surface area contributed by atoms with E-state index in [1.165, 1.54) is 24.5 Å². The smallest absolute Gasteiger partial charge is 0.322 e. The first-order chi connectivity index (χ1) is 18.4. The van der Waals surface area contributed by atoms with Crippen LogP contribution in [-0.2, 0) is 18.4 Å². The molecule has 0 fully saturated rings. The summed E-state index contributed by atoms with van der Waals surface area (Å²) in [6, 6.07) is 14.1. The number of rotatable bonds is 7. The maximum atomic E-state index is 15.3. The minimum atomic E-state index is -0.584. The molecular weight excluding hydrogens is 485 g/mol. The molecule has 3 N–H and O–H groups in total. The number of carbonyl (C=O) groups excluding carboxylic acids is 1. The number of hydrogen-bond donors (Lipinski definition) is 2. The second kappa shape index (κ2) is 10.1. The van der Waals surface area contributed by atoms with E-state index in [2.05, 4.69) is 31.8 Å². The second-order valence-corrected chi connectivity index (χ2v) is 8.59. The van der Waals surface area contributed by atoms with Crippen molar-refractivity contribution in [3.05, 3.63) is 90.8 Å². The molecule has 0 spiro atoms. The largest absolute Gasteiger partial charge is 0.421 e. The Hall–Kier alpha value is -5.12. The molecule has 9 nitrogen and oxygen atoms in total. The fourth-order valence-electron chi connectivity index (χ4n) is 4.25. The topological polar surface area (TPSA) is 121 Å². The van der Waals surface area contributed by atoms with Gasteiger partial charge in [-0.05, 0) is 47.9 Å². The Bertz CT molecular complexity index is 1680. The van der Waals surface area contributed by atoms with Gasteiger partial charge in [-0.2, -0.15) is 0 Å². The Morgan fingerprint density at radius 3 is 2.61 bits per heavy atom. The van der Waals surface area contributed by atoms with Crippen molar-refractivity contribution in [1.82, 2.24) is 29.8 Å². The number of anilines is 1. The minimum Gasteiger partial charge on any atom is -0.421 e. The number of nitrogens with zero attached hydrogens (tertiary/aromatic N) is 5. The van der Waals surface area contributed by atoms with E-state index in [1.807, 2.05) is 35.9 Å². The standard InChI is InChI=1S/C28H24FN7O2/c1-4-22(37)32-14-17-5-7-18(8-6-17)25-23(24-26(30)33-15-34-27(24)36(25)3)19-9-10-21(20(29)13-19)38-28-31-12-11-16(2)35-28/h4-13,15H,1,14H2,2-3H3,(H,32,37)(H2,30,33,34). The maximum Gasteiger partial charge on any atom is 0.322 e. The molecule has 0 saturated carbocycles. The number of carbonyl (C=O) groups is 1. The highest BCUT2D eigenvalue weighted by molar-refractivity contribution is 6.07. The summed E-state index contributed by atoms with van der Waals surface area (Å²) in [5, 5.41) is 3.37. The summed E-state index contributed by atoms with van der Waals surface area (Å²) in [4.78, 5) is 28.3. The second-order valence-electron chi connectivity index (χ2n) is 8.59. The molecule has 0 radical (unpaired) electrons. The van der Waals surface area contributed by atoms with Gasteiger partial charge in [0, 0.05) is 31.0 Å². The van der Waals surface area contributed by atoms with Crippen molar-refractivity contribution in [3.63, 3.8) is 0 Å². The molecule has 0 bridgehead atoms. The highest BCUT2D eigenvalue weighted by Crippen LogP contribution is 2.42. The van der Waals surface area contributed by atoms with Gasteiger partial charge in [0.1, 0.15) is 17.8 Å². The Kier molecular flexibility index (Phi) is 6.53. The first-order valence-electron chi connectivity index (χ1n) is 11.7. The number of nitrogen functional groups attached to an aromatic ring is 1. The van der Waals surface area contributed by atoms with Gasteiger partial charge in [0.25, 0.3) is 0 Å². The predicted molar refractivity (Wildman–Crippen MR) is 143 cm³/mol. The Morgan fingerprint density at radius 2 is 1.89 bits per heavy atom. The zero-order chi connectivity index (χ0) is 26.8. The van der Waals surface area contributed by atoms with Crippen LogP contribution in [0.3, 0.4) is 0 Å². The molecule has 2 aromatic carbocycles. The molecule has 0 unspecified atom stereocenters. The van der Waals surface area contributed by atoms with Gasteiger partial charge in [-0.3, -0.25) is 4.79 Å². The van der Waals surface area contributed by atoms with Crippen LogP contribution in [0, 0.1) is 12.7 Å². The van der Waals surface area contributed by atoms with Crippen molar-refractivity contribution in [2.45, 2.75) is 13.5 Å². The van der Waals surface area contributed by atoms with E-state index in [0.29, 0.717) is 34.4 Å². The first-order valence-corrected chi connectivity index (χ1v) is 11.7. The van der Waals surface area contributed by atoms with E-state index >= 15 is 4.39 Å². The number of benzene rings is 2. The van der Waals surface area contributed by atoms with E-state index in [1.54, 1.807) is 25.3 Å². The summed E-state index contributed by atoms with van der Waals surface area (Å²) < 4.78 is 22.8. The number of nitrogens with two attached hydrogens (primary N) is 1. The summed E-state index contributed by atoms with van der Waals surface area (Å²) >= 11 is 0. The zero-order valence-electron chi connectivity index (χ0n) is 20.8. The van der Waals surface area contributed by atoms with Crippen molar-refractivity contribution in [2.24, 2.45) is 7.05 Å². The van der Waals surface area contributed by atoms with Crippen molar-refractivity contribution in [3.8, 4) is 34.1 Å². The summed E-state index contributed by atoms with van der Waals surface area (Å²) in [6.45, 7) is 5.62. The SMILES string of the molecule is C=CC(=O)NCc1ccc(-c2c(-c3ccc(Oc4nccc(C)n4)c(F)c3)c3c(N)ncnc3n2C)cc1. The van der Waals surface area contributed by atoms with Crippen molar-refractivity contribution in [2.75, 3.05) is 5.73 Å². The lowest BCUT2D eigenvalue weighted by Crippen LogP contribution is -2.19. The third-order valence-electron chi connectivity index (χ3n) is 6.07. The average molecular weight is 510 g/mol. The first kappa shape index (κ1) is 24.6. The lowest BCUT2D eigenvalue weighted by molar-refractivity contribution is -0.116. The number of aromatic nitrogens is 5. The number of halogens is 1. The minimum absolute atomic E-state index is 0.00344. The molecule has 0 atom stereocenters. The average Bonchev–Trinajstić information content (AvgIpc) is 3.22. The summed E-state index contributed by atoms with van der Waals surface area (Å²) in [7, 11) is 1.87. The van der Waals surface area contributed by atoms with Crippen LogP contribution in [0.5, 0.6) is 11.8 Å². The van der Waals surface area contributed by atoms with Crippen LogP contribution < -0.4 is 15.8 Å². The van der Waals surface area contributed by atoms with Crippen LogP contribution in [-0.4, -0.2) is 30.4 Å². The highest BCUT2D eigenvalue weighted by Gasteiger charge is 2.23. The third kappa shape index (κ3) is 4.66. The fourth-order valence-corrected chi connectivity index (χ4v) is 4.25. The van der Waals surface area contributed by atoms with Crippen LogP contribution in [0.25, 0.3) is 33.4 Å². The molecule has 3 heterocycles. The van der Waals surface area contributed by atoms with Gasteiger partial charge in [0.15, 0.2) is 11.6 Å². The summed E-state index contributed by atoms with van der Waals surface area (Å²) in [5.41, 5.74) is 11.4. The maximum absolute atomic E-state index is 15.3. The molecular formula is C28H24FN7O2. The van der Waals surface area contributed by atoms with Crippen LogP contribution in [0.4, 0.5) is 10.2 Å². The van der Waals surface area contributed by atoms with Gasteiger partial charge >= 0.3 is 6.01 Å². The monoisotopic (exact) mass is 509 g/mol. The van der Waals surface area contributed by atoms with Gasteiger partial charge in [0.2, 0.25) is 5.91 Å². The van der Waals surface area contributed by atoms with Crippen molar-refractivity contribution >= 4 is 22.8 Å². The van der Waals surface area contributed by atoms with E-state index in [9.17, 15) is 4.79 Å². The summed E-state index contributed by atoms with van der Waals surface area (Å²) in [6.07, 6.45) is 4.18. The van der Waals surface area contributed by atoms with Gasteiger partial charge in [-0.15, -0.1) is 0 Å². The molecule has 0 aliphatic carbocycles. The molecule has 0 aliphatic heterocycles. The lowest BCUT2D eigenvalue weighted by Gasteiger charge is -2.11. The van der Waals surface area contributed by atoms with Gasteiger partial charge in [-0.25, -0.2) is 24.3 Å². The van der Waals surface area contributed by atoms with E-state index in [-0.39, 0.29) is 23.5 Å².